The molecule has 0 atom stereocenters. The van der Waals surface area contributed by atoms with Gasteiger partial charge in [0, 0.05) is 32.0 Å². The SMILES string of the molecule is Cc1ccc2c(c1)C(CNCC1CCN(c3ncc(C(=O)NO)cn3)CC1)=CC2. The largest absolute Gasteiger partial charge is 0.341 e. The highest BCUT2D eigenvalue weighted by atomic mass is 16.5. The number of hydrogen-bond acceptors (Lipinski definition) is 6. The molecule has 1 fully saturated rings. The van der Waals surface area contributed by atoms with Crippen molar-refractivity contribution in [1.82, 2.24) is 20.8 Å². The number of amides is 1. The van der Waals surface area contributed by atoms with Crippen LogP contribution in [-0.2, 0) is 6.42 Å². The number of carbonyl (C=O) groups is 1. The first-order valence-electron chi connectivity index (χ1n) is 10.1. The van der Waals surface area contributed by atoms with Crippen LogP contribution in [0.15, 0.2) is 36.7 Å². The normalized spacial score (nSPS) is 16.5. The summed E-state index contributed by atoms with van der Waals surface area (Å²) in [4.78, 5) is 22.0. The van der Waals surface area contributed by atoms with E-state index in [4.69, 9.17) is 5.21 Å². The zero-order chi connectivity index (χ0) is 20.2. The van der Waals surface area contributed by atoms with Crippen LogP contribution in [0.25, 0.3) is 5.57 Å². The molecule has 1 aliphatic heterocycles. The summed E-state index contributed by atoms with van der Waals surface area (Å²) in [6, 6.07) is 6.73. The minimum atomic E-state index is -0.600. The van der Waals surface area contributed by atoms with Crippen LogP contribution >= 0.6 is 0 Å². The van der Waals surface area contributed by atoms with Gasteiger partial charge in [-0.25, -0.2) is 15.4 Å². The number of allylic oxidation sites excluding steroid dienone is 1. The highest BCUT2D eigenvalue weighted by Crippen LogP contribution is 2.28. The lowest BCUT2D eigenvalue weighted by Gasteiger charge is -2.32. The van der Waals surface area contributed by atoms with Gasteiger partial charge in [-0.1, -0.05) is 29.8 Å². The summed E-state index contributed by atoms with van der Waals surface area (Å²) in [7, 11) is 0. The Hall–Kier alpha value is -2.77. The summed E-state index contributed by atoms with van der Waals surface area (Å²) in [5.41, 5.74) is 7.41. The molecule has 0 saturated carbocycles. The van der Waals surface area contributed by atoms with Crippen molar-refractivity contribution >= 4 is 17.4 Å². The molecule has 1 aromatic heterocycles. The number of aromatic nitrogens is 2. The maximum Gasteiger partial charge on any atom is 0.277 e. The fourth-order valence-corrected chi connectivity index (χ4v) is 4.09. The van der Waals surface area contributed by atoms with Crippen LogP contribution in [-0.4, -0.2) is 47.3 Å². The third-order valence-corrected chi connectivity index (χ3v) is 5.83. The number of nitrogens with one attached hydrogen (secondary N) is 2. The molecule has 1 aliphatic carbocycles. The summed E-state index contributed by atoms with van der Waals surface area (Å²) < 4.78 is 0. The van der Waals surface area contributed by atoms with E-state index in [-0.39, 0.29) is 5.56 Å². The van der Waals surface area contributed by atoms with E-state index in [2.05, 4.69) is 51.4 Å². The molecule has 3 N–H and O–H groups in total. The second-order valence-corrected chi connectivity index (χ2v) is 7.87. The van der Waals surface area contributed by atoms with E-state index >= 15 is 0 Å². The highest BCUT2D eigenvalue weighted by Gasteiger charge is 2.21. The number of piperidine rings is 1. The quantitative estimate of drug-likeness (QED) is 0.516. The first kappa shape index (κ1) is 19.5. The monoisotopic (exact) mass is 393 g/mol. The van der Waals surface area contributed by atoms with Crippen molar-refractivity contribution in [3.8, 4) is 0 Å². The Morgan fingerprint density at radius 2 is 2.00 bits per heavy atom. The van der Waals surface area contributed by atoms with E-state index in [0.717, 1.165) is 45.4 Å². The van der Waals surface area contributed by atoms with Crippen LogP contribution in [0.4, 0.5) is 5.95 Å². The lowest BCUT2D eigenvalue weighted by Crippen LogP contribution is -2.38. The third-order valence-electron chi connectivity index (χ3n) is 5.83. The van der Waals surface area contributed by atoms with Gasteiger partial charge in [-0.2, -0.15) is 0 Å². The minimum Gasteiger partial charge on any atom is -0.341 e. The standard InChI is InChI=1S/C22H27N5O2/c1-15-2-3-17-4-5-18(20(17)10-15)12-23-11-16-6-8-27(9-7-16)22-24-13-19(14-25-22)21(28)26-29/h2-3,5,10,13-14,16,23,29H,4,6-9,11-12H2,1H3,(H,26,28). The van der Waals surface area contributed by atoms with Gasteiger partial charge in [0.2, 0.25) is 5.95 Å². The summed E-state index contributed by atoms with van der Waals surface area (Å²) in [5, 5.41) is 12.3. The van der Waals surface area contributed by atoms with Crippen LogP contribution in [0.3, 0.4) is 0 Å². The first-order chi connectivity index (χ1) is 14.1. The molecule has 1 saturated heterocycles. The number of anilines is 1. The molecule has 29 heavy (non-hydrogen) atoms. The van der Waals surface area contributed by atoms with E-state index in [1.807, 2.05) is 0 Å². The lowest BCUT2D eigenvalue weighted by atomic mass is 9.96. The molecule has 2 heterocycles. The van der Waals surface area contributed by atoms with Crippen LogP contribution in [0.1, 0.15) is 39.9 Å². The second-order valence-electron chi connectivity index (χ2n) is 7.87. The zero-order valence-electron chi connectivity index (χ0n) is 16.7. The highest BCUT2D eigenvalue weighted by molar-refractivity contribution is 5.92. The van der Waals surface area contributed by atoms with Crippen molar-refractivity contribution in [3.63, 3.8) is 0 Å². The summed E-state index contributed by atoms with van der Waals surface area (Å²) in [6.45, 7) is 5.90. The average molecular weight is 393 g/mol. The Kier molecular flexibility index (Phi) is 5.87. The molecule has 0 radical (unpaired) electrons. The van der Waals surface area contributed by atoms with Crippen LogP contribution in [0, 0.1) is 12.8 Å². The maximum atomic E-state index is 11.4. The van der Waals surface area contributed by atoms with Crippen molar-refractivity contribution < 1.29 is 10.0 Å². The molecule has 1 aromatic carbocycles. The molecule has 2 aromatic rings. The minimum absolute atomic E-state index is 0.244. The van der Waals surface area contributed by atoms with Gasteiger partial charge >= 0.3 is 0 Å². The number of benzene rings is 1. The van der Waals surface area contributed by atoms with Gasteiger partial charge in [0.05, 0.1) is 5.56 Å². The maximum absolute atomic E-state index is 11.4. The average Bonchev–Trinajstić information content (AvgIpc) is 3.16. The predicted molar refractivity (Wildman–Crippen MR) is 112 cm³/mol. The van der Waals surface area contributed by atoms with Crippen molar-refractivity contribution in [2.45, 2.75) is 26.2 Å². The van der Waals surface area contributed by atoms with Gasteiger partial charge in [0.15, 0.2) is 0 Å². The van der Waals surface area contributed by atoms with Crippen LogP contribution < -0.4 is 15.7 Å². The van der Waals surface area contributed by atoms with Crippen LogP contribution in [0.5, 0.6) is 0 Å². The fourth-order valence-electron chi connectivity index (χ4n) is 4.09. The number of aryl methyl sites for hydroxylation is 1. The predicted octanol–water partition coefficient (Wildman–Crippen LogP) is 2.35. The molecule has 0 spiro atoms. The van der Waals surface area contributed by atoms with Crippen molar-refractivity contribution in [3.05, 3.63) is 58.9 Å². The van der Waals surface area contributed by atoms with Gasteiger partial charge in [-0.3, -0.25) is 10.0 Å². The Morgan fingerprint density at radius 3 is 2.72 bits per heavy atom. The second kappa shape index (κ2) is 8.71. The lowest BCUT2D eigenvalue weighted by molar-refractivity contribution is 0.0705. The van der Waals surface area contributed by atoms with E-state index < -0.39 is 5.91 Å². The van der Waals surface area contributed by atoms with Gasteiger partial charge in [-0.15, -0.1) is 0 Å². The number of carbonyl (C=O) groups excluding carboxylic acids is 1. The molecule has 152 valence electrons. The molecule has 0 bridgehead atoms. The van der Waals surface area contributed by atoms with Crippen LogP contribution in [0.2, 0.25) is 0 Å². The zero-order valence-corrected chi connectivity index (χ0v) is 16.7. The van der Waals surface area contributed by atoms with Crippen molar-refractivity contribution in [1.29, 1.82) is 0 Å². The van der Waals surface area contributed by atoms with Crippen molar-refractivity contribution in [2.75, 3.05) is 31.1 Å². The smallest absolute Gasteiger partial charge is 0.277 e. The molecule has 7 nitrogen and oxygen atoms in total. The molecule has 2 aliphatic rings. The Bertz CT molecular complexity index is 902. The first-order valence-corrected chi connectivity index (χ1v) is 10.1. The molecule has 7 heteroatoms. The van der Waals surface area contributed by atoms with E-state index in [1.54, 1.807) is 5.48 Å². The third kappa shape index (κ3) is 4.46. The van der Waals surface area contributed by atoms with Gasteiger partial charge in [0.25, 0.3) is 5.91 Å². The van der Waals surface area contributed by atoms with Gasteiger partial charge in [0.1, 0.15) is 0 Å². The number of fused-ring (bicyclic) bond motifs is 1. The number of hydrogen-bond donors (Lipinski definition) is 3. The number of hydroxylamine groups is 1. The van der Waals surface area contributed by atoms with E-state index in [1.165, 1.54) is 34.7 Å². The molecule has 0 unspecified atom stereocenters. The Labute approximate surface area is 170 Å². The van der Waals surface area contributed by atoms with E-state index in [9.17, 15) is 4.79 Å². The Balaban J connectivity index is 1.23. The Morgan fingerprint density at radius 1 is 1.24 bits per heavy atom. The van der Waals surface area contributed by atoms with Gasteiger partial charge < -0.3 is 10.2 Å². The van der Waals surface area contributed by atoms with E-state index in [0.29, 0.717) is 11.9 Å². The molecular formula is C22H27N5O2. The fraction of sp³-hybridized carbons (Fsp3) is 0.409. The molecule has 4 rings (SSSR count). The summed E-state index contributed by atoms with van der Waals surface area (Å²) in [5.74, 6) is 0.676. The summed E-state index contributed by atoms with van der Waals surface area (Å²) >= 11 is 0. The molecule has 1 amide bonds. The molecular weight excluding hydrogens is 366 g/mol. The topological polar surface area (TPSA) is 90.4 Å². The summed E-state index contributed by atoms with van der Waals surface area (Å²) in [6.07, 6.45) is 8.45. The number of rotatable bonds is 6. The van der Waals surface area contributed by atoms with Crippen molar-refractivity contribution in [2.24, 2.45) is 5.92 Å². The number of nitrogens with zero attached hydrogens (tertiary/aromatic N) is 3. The van der Waals surface area contributed by atoms with Gasteiger partial charge in [-0.05, 0) is 55.3 Å².